The van der Waals surface area contributed by atoms with Crippen molar-refractivity contribution >= 4 is 58.6 Å². The molecule has 3 heterocycles. The molecule has 0 spiro atoms. The summed E-state index contributed by atoms with van der Waals surface area (Å²) in [5.41, 5.74) is 3.32. The number of carbonyl (C=O) groups excluding carboxylic acids is 2. The van der Waals surface area contributed by atoms with Crippen LogP contribution in [0.15, 0.2) is 65.4 Å². The molecule has 29 heavy (non-hydrogen) atoms. The molecule has 0 N–H and O–H groups in total. The smallest absolute Gasteiger partial charge is 0.168 e. The van der Waals surface area contributed by atoms with Gasteiger partial charge in [0.15, 0.2) is 11.6 Å². The normalized spacial score (nSPS) is 28.6. The van der Waals surface area contributed by atoms with Crippen molar-refractivity contribution in [3.63, 3.8) is 0 Å². The van der Waals surface area contributed by atoms with Gasteiger partial charge >= 0.3 is 0 Å². The van der Waals surface area contributed by atoms with Crippen LogP contribution in [-0.2, 0) is 16.0 Å². The molecule has 3 nitrogen and oxygen atoms in total. The van der Waals surface area contributed by atoms with E-state index in [1.165, 1.54) is 19.6 Å². The summed E-state index contributed by atoms with van der Waals surface area (Å²) >= 11 is 7.10. The number of allylic oxidation sites excluding steroid dienone is 1. The summed E-state index contributed by atoms with van der Waals surface area (Å²) in [6, 6.07) is 12.4. The van der Waals surface area contributed by atoms with Gasteiger partial charge in [0.05, 0.1) is 24.5 Å². The molecular formula is C22H16O3S4. The molecule has 1 aromatic heterocycles. The lowest BCUT2D eigenvalue weighted by molar-refractivity contribution is -0.124. The average molecular weight is 457 g/mol. The Bertz CT molecular complexity index is 1080. The maximum atomic E-state index is 12.9. The van der Waals surface area contributed by atoms with Gasteiger partial charge in [0.1, 0.15) is 5.76 Å². The fraction of sp³-hybridized carbons (Fsp3) is 0.273. The van der Waals surface area contributed by atoms with Crippen molar-refractivity contribution < 1.29 is 14.0 Å². The van der Waals surface area contributed by atoms with Crippen LogP contribution in [0.4, 0.5) is 0 Å². The Morgan fingerprint density at radius 1 is 0.828 bits per heavy atom. The second kappa shape index (κ2) is 7.15. The summed E-state index contributed by atoms with van der Waals surface area (Å²) in [7, 11) is 0. The Morgan fingerprint density at radius 2 is 1.59 bits per heavy atom. The fourth-order valence-corrected chi connectivity index (χ4v) is 11.3. The molecule has 6 rings (SSSR count). The van der Waals surface area contributed by atoms with E-state index in [0.29, 0.717) is 28.9 Å². The molecule has 0 saturated heterocycles. The van der Waals surface area contributed by atoms with Crippen molar-refractivity contribution in [3.05, 3.63) is 77.8 Å². The van der Waals surface area contributed by atoms with Crippen LogP contribution in [0.2, 0.25) is 0 Å². The molecule has 0 amide bonds. The van der Waals surface area contributed by atoms with Crippen molar-refractivity contribution in [3.8, 4) is 0 Å². The van der Waals surface area contributed by atoms with Crippen molar-refractivity contribution in [2.24, 2.45) is 0 Å². The van der Waals surface area contributed by atoms with Gasteiger partial charge in [0.25, 0.3) is 0 Å². The number of fused-ring (bicyclic) bond motifs is 3. The summed E-state index contributed by atoms with van der Waals surface area (Å²) < 4.78 is 8.85. The maximum Gasteiger partial charge on any atom is 0.168 e. The van der Waals surface area contributed by atoms with Gasteiger partial charge in [-0.05, 0) is 29.7 Å². The molecule has 2 atom stereocenters. The van der Waals surface area contributed by atoms with Crippen molar-refractivity contribution in [1.82, 2.24) is 0 Å². The maximum absolute atomic E-state index is 12.9. The highest BCUT2D eigenvalue weighted by atomic mass is 32.3. The van der Waals surface area contributed by atoms with Crippen LogP contribution < -0.4 is 0 Å². The van der Waals surface area contributed by atoms with Crippen molar-refractivity contribution in [2.75, 3.05) is 0 Å². The van der Waals surface area contributed by atoms with E-state index in [9.17, 15) is 9.59 Å². The number of ketones is 2. The summed E-state index contributed by atoms with van der Waals surface area (Å²) in [6.07, 6.45) is 3.39. The molecule has 4 aliphatic rings. The zero-order valence-corrected chi connectivity index (χ0v) is 18.5. The summed E-state index contributed by atoms with van der Waals surface area (Å²) in [5, 5.41) is 1.00. The van der Waals surface area contributed by atoms with Crippen molar-refractivity contribution in [1.29, 1.82) is 0 Å². The van der Waals surface area contributed by atoms with Crippen LogP contribution in [0.5, 0.6) is 0 Å². The lowest BCUT2D eigenvalue weighted by Gasteiger charge is -2.25. The number of hydrogen-bond acceptors (Lipinski definition) is 7. The summed E-state index contributed by atoms with van der Waals surface area (Å²) in [6.45, 7) is 0. The van der Waals surface area contributed by atoms with Crippen LogP contribution in [0.1, 0.15) is 40.9 Å². The van der Waals surface area contributed by atoms with Gasteiger partial charge in [-0.15, -0.1) is 23.5 Å². The molecule has 2 aliphatic heterocycles. The van der Waals surface area contributed by atoms with E-state index in [1.54, 1.807) is 29.8 Å². The number of carbonyl (C=O) groups is 2. The number of benzene rings is 1. The first-order chi connectivity index (χ1) is 14.2. The Balaban J connectivity index is 1.24. The minimum absolute atomic E-state index is 0.0435. The molecule has 2 aliphatic carbocycles. The van der Waals surface area contributed by atoms with Gasteiger partial charge in [-0.2, -0.15) is 0 Å². The molecule has 0 radical (unpaired) electrons. The first-order valence-electron chi connectivity index (χ1n) is 9.52. The molecule has 146 valence electrons. The van der Waals surface area contributed by atoms with E-state index in [2.05, 4.69) is 24.3 Å². The third-order valence-corrected chi connectivity index (χ3v) is 12.0. The molecular weight excluding hydrogens is 441 g/mol. The van der Waals surface area contributed by atoms with E-state index >= 15 is 0 Å². The highest BCUT2D eigenvalue weighted by Crippen LogP contribution is 2.68. The number of Topliss-reactive ketones (excluding diaryl/α,β-unsaturated/α-hetero) is 2. The molecule has 7 heteroatoms. The van der Waals surface area contributed by atoms with Gasteiger partial charge < -0.3 is 4.42 Å². The predicted molar refractivity (Wildman–Crippen MR) is 122 cm³/mol. The monoisotopic (exact) mass is 456 g/mol. The number of thioether (sulfide) groups is 4. The molecule has 1 saturated carbocycles. The highest BCUT2D eigenvalue weighted by molar-refractivity contribution is 8.41. The minimum atomic E-state index is -0.132. The predicted octanol–water partition coefficient (Wildman–Crippen LogP) is 6.26. The quantitative estimate of drug-likeness (QED) is 0.371. The first-order valence-corrected chi connectivity index (χ1v) is 12.9. The largest absolute Gasteiger partial charge is 0.469 e. The summed E-state index contributed by atoms with van der Waals surface area (Å²) in [5.74, 6) is 0.515. The Morgan fingerprint density at radius 3 is 2.34 bits per heavy atom. The first kappa shape index (κ1) is 18.5. The second-order valence-electron chi connectivity index (χ2n) is 7.51. The number of hydrogen-bond donors (Lipinski definition) is 0. The van der Waals surface area contributed by atoms with E-state index in [0.717, 1.165) is 16.4 Å². The lowest BCUT2D eigenvalue weighted by atomic mass is 9.83. The zero-order valence-electron chi connectivity index (χ0n) is 15.3. The van der Waals surface area contributed by atoms with Crippen molar-refractivity contribution in [2.45, 2.75) is 35.7 Å². The van der Waals surface area contributed by atoms with E-state index in [4.69, 9.17) is 4.42 Å². The van der Waals surface area contributed by atoms with Gasteiger partial charge in [-0.1, -0.05) is 47.8 Å². The second-order valence-corrected chi connectivity index (χ2v) is 12.7. The van der Waals surface area contributed by atoms with Crippen LogP contribution in [0, 0.1) is 0 Å². The average Bonchev–Trinajstić information content (AvgIpc) is 3.43. The third-order valence-electron chi connectivity index (χ3n) is 5.72. The zero-order chi connectivity index (χ0) is 19.5. The standard InChI is InChI=1S/C22H16O3S4/c23-14-8-12(16-6-3-7-25-16)9-15(24)18(14)20-28-21-22(29-20)27-19-13-5-2-1-4-11(13)10-17(19)26-21/h1-7,12,17,19H,8-10H2. The molecule has 2 aromatic rings. The lowest BCUT2D eigenvalue weighted by Crippen LogP contribution is -2.25. The van der Waals surface area contributed by atoms with E-state index in [1.807, 2.05) is 35.7 Å². The van der Waals surface area contributed by atoms with Crippen LogP contribution in [-0.4, -0.2) is 16.8 Å². The van der Waals surface area contributed by atoms with E-state index < -0.39 is 0 Å². The van der Waals surface area contributed by atoms with Crippen LogP contribution in [0.3, 0.4) is 0 Å². The Kier molecular flexibility index (Phi) is 4.56. The molecule has 0 bridgehead atoms. The Labute approximate surface area is 185 Å². The molecule has 1 fully saturated rings. The van der Waals surface area contributed by atoms with Gasteiger partial charge in [-0.3, -0.25) is 9.59 Å². The van der Waals surface area contributed by atoms with Gasteiger partial charge in [0.2, 0.25) is 0 Å². The minimum Gasteiger partial charge on any atom is -0.469 e. The van der Waals surface area contributed by atoms with Crippen LogP contribution >= 0.6 is 47.0 Å². The topological polar surface area (TPSA) is 47.3 Å². The van der Waals surface area contributed by atoms with Gasteiger partial charge in [-0.25, -0.2) is 0 Å². The third kappa shape index (κ3) is 3.09. The molecule has 2 unspecified atom stereocenters. The van der Waals surface area contributed by atoms with Crippen LogP contribution in [0.25, 0.3) is 0 Å². The highest BCUT2D eigenvalue weighted by Gasteiger charge is 2.44. The SMILES string of the molecule is O=C1CC(c2ccco2)CC(=O)C1=C1SC2=C(S1)SC1c3ccccc3CC1S2. The number of furan rings is 1. The Hall–Kier alpha value is -1.28. The summed E-state index contributed by atoms with van der Waals surface area (Å²) in [4.78, 5) is 25.8. The molecule has 1 aromatic carbocycles. The van der Waals surface area contributed by atoms with Gasteiger partial charge in [0, 0.05) is 29.3 Å². The van der Waals surface area contributed by atoms with E-state index in [-0.39, 0.29) is 17.5 Å². The number of rotatable bonds is 1. The fourth-order valence-electron chi connectivity index (χ4n) is 4.37.